The zero-order valence-corrected chi connectivity index (χ0v) is 13.6. The summed E-state index contributed by atoms with van der Waals surface area (Å²) in [6.45, 7) is 9.15. The van der Waals surface area contributed by atoms with Gasteiger partial charge >= 0.3 is 0 Å². The highest BCUT2D eigenvalue weighted by Crippen LogP contribution is 2.11. The molecule has 0 saturated heterocycles. The van der Waals surface area contributed by atoms with Gasteiger partial charge in [-0.15, -0.1) is 0 Å². The topological polar surface area (TPSA) is 48.9 Å². The molecule has 0 saturated carbocycles. The van der Waals surface area contributed by atoms with Gasteiger partial charge in [-0.05, 0) is 30.8 Å². The van der Waals surface area contributed by atoms with Crippen LogP contribution in [0.2, 0.25) is 0 Å². The first-order valence-electron chi connectivity index (χ1n) is 7.53. The highest BCUT2D eigenvalue weighted by molar-refractivity contribution is 5.79. The summed E-state index contributed by atoms with van der Waals surface area (Å²) in [5.41, 5.74) is 1.17. The minimum atomic E-state index is 0.724. The fourth-order valence-electron chi connectivity index (χ4n) is 2.06. The van der Waals surface area contributed by atoms with Gasteiger partial charge in [0, 0.05) is 26.7 Å². The predicted octanol–water partition coefficient (Wildman–Crippen LogP) is 1.70. The van der Waals surface area contributed by atoms with E-state index in [1.807, 2.05) is 18.2 Å². The highest BCUT2D eigenvalue weighted by Gasteiger charge is 2.01. The third-order valence-electron chi connectivity index (χ3n) is 3.43. The predicted molar refractivity (Wildman–Crippen MR) is 89.0 cm³/mol. The number of hydrogen-bond donors (Lipinski definition) is 2. The van der Waals surface area contributed by atoms with Gasteiger partial charge in [0.05, 0.1) is 7.11 Å². The van der Waals surface area contributed by atoms with Gasteiger partial charge < -0.3 is 20.3 Å². The van der Waals surface area contributed by atoms with Crippen molar-refractivity contribution in [2.75, 3.05) is 40.3 Å². The molecule has 0 aliphatic carbocycles. The van der Waals surface area contributed by atoms with E-state index in [0.29, 0.717) is 0 Å². The van der Waals surface area contributed by atoms with Gasteiger partial charge in [-0.1, -0.05) is 26.0 Å². The average molecular weight is 292 g/mol. The quantitative estimate of drug-likeness (QED) is 0.565. The van der Waals surface area contributed by atoms with Crippen LogP contribution in [0.4, 0.5) is 0 Å². The molecule has 0 aromatic heterocycles. The maximum Gasteiger partial charge on any atom is 0.191 e. The minimum absolute atomic E-state index is 0.724. The van der Waals surface area contributed by atoms with E-state index >= 15 is 0 Å². The first-order chi connectivity index (χ1) is 10.2. The maximum absolute atomic E-state index is 5.22. The Morgan fingerprint density at radius 1 is 1.24 bits per heavy atom. The molecular weight excluding hydrogens is 264 g/mol. The van der Waals surface area contributed by atoms with Crippen LogP contribution in [0.5, 0.6) is 5.75 Å². The number of methoxy groups -OCH3 is 1. The van der Waals surface area contributed by atoms with Crippen molar-refractivity contribution in [1.29, 1.82) is 0 Å². The SMILES string of the molecule is CCN(CC)CCNC(=NC)NCc1cccc(OC)c1. The van der Waals surface area contributed by atoms with Crippen molar-refractivity contribution in [2.24, 2.45) is 4.99 Å². The van der Waals surface area contributed by atoms with Crippen LogP contribution in [0.25, 0.3) is 0 Å². The van der Waals surface area contributed by atoms with E-state index in [0.717, 1.165) is 44.4 Å². The lowest BCUT2D eigenvalue weighted by molar-refractivity contribution is 0.308. The van der Waals surface area contributed by atoms with Crippen molar-refractivity contribution in [3.8, 4) is 5.75 Å². The normalized spacial score (nSPS) is 11.6. The lowest BCUT2D eigenvalue weighted by Crippen LogP contribution is -2.41. The highest BCUT2D eigenvalue weighted by atomic mass is 16.5. The first-order valence-corrected chi connectivity index (χ1v) is 7.53. The molecule has 118 valence electrons. The van der Waals surface area contributed by atoms with Gasteiger partial charge in [0.2, 0.25) is 0 Å². The molecule has 0 unspecified atom stereocenters. The fraction of sp³-hybridized carbons (Fsp3) is 0.562. The van der Waals surface area contributed by atoms with Crippen molar-refractivity contribution in [3.05, 3.63) is 29.8 Å². The Bertz CT molecular complexity index is 430. The van der Waals surface area contributed by atoms with E-state index in [4.69, 9.17) is 4.74 Å². The number of likely N-dealkylation sites (N-methyl/N-ethyl adjacent to an activating group) is 1. The first kappa shape index (κ1) is 17.3. The molecule has 1 rings (SSSR count). The smallest absolute Gasteiger partial charge is 0.191 e. The second kappa shape index (κ2) is 10.0. The summed E-state index contributed by atoms with van der Waals surface area (Å²) in [4.78, 5) is 6.62. The van der Waals surface area contributed by atoms with E-state index in [1.54, 1.807) is 14.2 Å². The number of ether oxygens (including phenoxy) is 1. The molecule has 1 aromatic carbocycles. The maximum atomic E-state index is 5.22. The van der Waals surface area contributed by atoms with Crippen LogP contribution in [-0.2, 0) is 6.54 Å². The Hall–Kier alpha value is -1.75. The van der Waals surface area contributed by atoms with Crippen LogP contribution >= 0.6 is 0 Å². The number of nitrogens with one attached hydrogen (secondary N) is 2. The van der Waals surface area contributed by atoms with E-state index in [-0.39, 0.29) is 0 Å². The number of aliphatic imine (C=N–C) groups is 1. The Kier molecular flexibility index (Phi) is 8.28. The van der Waals surface area contributed by atoms with Gasteiger partial charge in [-0.25, -0.2) is 0 Å². The Labute approximate surface area is 128 Å². The molecule has 5 heteroatoms. The molecule has 1 aromatic rings. The van der Waals surface area contributed by atoms with Gasteiger partial charge in [-0.2, -0.15) is 0 Å². The van der Waals surface area contributed by atoms with Crippen LogP contribution in [0.3, 0.4) is 0 Å². The third kappa shape index (κ3) is 6.49. The fourth-order valence-corrected chi connectivity index (χ4v) is 2.06. The molecule has 0 aliphatic rings. The number of guanidine groups is 1. The van der Waals surface area contributed by atoms with Crippen LogP contribution in [0.15, 0.2) is 29.3 Å². The molecule has 0 amide bonds. The summed E-state index contributed by atoms with van der Waals surface area (Å²) >= 11 is 0. The average Bonchev–Trinajstić information content (AvgIpc) is 2.54. The zero-order chi connectivity index (χ0) is 15.5. The summed E-state index contributed by atoms with van der Waals surface area (Å²) in [5.74, 6) is 1.70. The Balaban J connectivity index is 2.37. The molecule has 0 fully saturated rings. The number of rotatable bonds is 8. The van der Waals surface area contributed by atoms with E-state index in [2.05, 4.69) is 40.4 Å². The Morgan fingerprint density at radius 2 is 2.00 bits per heavy atom. The summed E-state index contributed by atoms with van der Waals surface area (Å²) in [6.07, 6.45) is 0. The molecule has 5 nitrogen and oxygen atoms in total. The van der Waals surface area contributed by atoms with Crippen LogP contribution in [0.1, 0.15) is 19.4 Å². The monoisotopic (exact) mass is 292 g/mol. The molecule has 0 atom stereocenters. The van der Waals surface area contributed by atoms with Gasteiger partial charge in [0.15, 0.2) is 5.96 Å². The summed E-state index contributed by atoms with van der Waals surface area (Å²) in [5, 5.41) is 6.64. The van der Waals surface area contributed by atoms with E-state index in [1.165, 1.54) is 5.56 Å². The largest absolute Gasteiger partial charge is 0.497 e. The molecule has 0 spiro atoms. The molecule has 0 bridgehead atoms. The molecule has 0 heterocycles. The molecular formula is C16H28N4O. The summed E-state index contributed by atoms with van der Waals surface area (Å²) in [6, 6.07) is 8.03. The van der Waals surface area contributed by atoms with Gasteiger partial charge in [-0.3, -0.25) is 4.99 Å². The number of nitrogens with zero attached hydrogens (tertiary/aromatic N) is 2. The number of hydrogen-bond acceptors (Lipinski definition) is 3. The van der Waals surface area contributed by atoms with Crippen LogP contribution in [-0.4, -0.2) is 51.2 Å². The van der Waals surface area contributed by atoms with Crippen LogP contribution < -0.4 is 15.4 Å². The second-order valence-corrected chi connectivity index (χ2v) is 4.73. The summed E-state index contributed by atoms with van der Waals surface area (Å²) < 4.78 is 5.22. The van der Waals surface area contributed by atoms with Crippen molar-refractivity contribution in [2.45, 2.75) is 20.4 Å². The third-order valence-corrected chi connectivity index (χ3v) is 3.43. The number of benzene rings is 1. The second-order valence-electron chi connectivity index (χ2n) is 4.73. The standard InChI is InChI=1S/C16H28N4O/c1-5-20(6-2)11-10-18-16(17-3)19-13-14-8-7-9-15(12-14)21-4/h7-9,12H,5-6,10-11,13H2,1-4H3,(H2,17,18,19). The van der Waals surface area contributed by atoms with E-state index in [9.17, 15) is 0 Å². The van der Waals surface area contributed by atoms with Crippen LogP contribution in [0, 0.1) is 0 Å². The van der Waals surface area contributed by atoms with Crippen molar-refractivity contribution >= 4 is 5.96 Å². The van der Waals surface area contributed by atoms with E-state index < -0.39 is 0 Å². The lowest BCUT2D eigenvalue weighted by Gasteiger charge is -2.19. The summed E-state index contributed by atoms with van der Waals surface area (Å²) in [7, 11) is 3.47. The van der Waals surface area contributed by atoms with Crippen molar-refractivity contribution in [1.82, 2.24) is 15.5 Å². The van der Waals surface area contributed by atoms with Crippen molar-refractivity contribution in [3.63, 3.8) is 0 Å². The molecule has 0 radical (unpaired) electrons. The zero-order valence-electron chi connectivity index (χ0n) is 13.6. The van der Waals surface area contributed by atoms with Gasteiger partial charge in [0.25, 0.3) is 0 Å². The lowest BCUT2D eigenvalue weighted by atomic mass is 10.2. The minimum Gasteiger partial charge on any atom is -0.497 e. The Morgan fingerprint density at radius 3 is 2.62 bits per heavy atom. The molecule has 0 aliphatic heterocycles. The van der Waals surface area contributed by atoms with Crippen molar-refractivity contribution < 1.29 is 4.74 Å². The molecule has 21 heavy (non-hydrogen) atoms. The molecule has 2 N–H and O–H groups in total. The van der Waals surface area contributed by atoms with Gasteiger partial charge in [0.1, 0.15) is 5.75 Å².